The van der Waals surface area contributed by atoms with Gasteiger partial charge < -0.3 is 0 Å². The highest BCUT2D eigenvalue weighted by molar-refractivity contribution is 6.41. The molecule has 20 heavy (non-hydrogen) atoms. The van der Waals surface area contributed by atoms with Gasteiger partial charge in [-0.2, -0.15) is 0 Å². The first-order valence-electron chi connectivity index (χ1n) is 6.06. The topological polar surface area (TPSA) is 17.1 Å². The third-order valence-corrected chi connectivity index (χ3v) is 3.72. The Morgan fingerprint density at radius 2 is 1.55 bits per heavy atom. The largest absolute Gasteiger partial charge is 0.288 e. The molecule has 1 radical (unpaired) electrons. The van der Waals surface area contributed by atoms with Crippen molar-refractivity contribution in [3.8, 4) is 0 Å². The van der Waals surface area contributed by atoms with Crippen LogP contribution in [-0.4, -0.2) is 5.78 Å². The van der Waals surface area contributed by atoms with Crippen LogP contribution in [-0.2, 0) is 0 Å². The molecular weight excluding hydrogens is 291 g/mol. The van der Waals surface area contributed by atoms with E-state index in [0.29, 0.717) is 21.2 Å². The summed E-state index contributed by atoms with van der Waals surface area (Å²) < 4.78 is 0. The van der Waals surface area contributed by atoms with Crippen LogP contribution in [0, 0.1) is 6.07 Å². The zero-order valence-electron chi connectivity index (χ0n) is 10.4. The number of carbonyl (C=O) groups is 1. The van der Waals surface area contributed by atoms with Crippen LogP contribution in [0.3, 0.4) is 0 Å². The minimum Gasteiger partial charge on any atom is -0.288 e. The Kier molecular flexibility index (Phi) is 3.47. The highest BCUT2D eigenvalue weighted by Gasteiger charge is 2.16. The van der Waals surface area contributed by atoms with Crippen molar-refractivity contribution in [1.82, 2.24) is 0 Å². The number of ketones is 1. The molecule has 0 atom stereocenters. The van der Waals surface area contributed by atoms with Crippen LogP contribution in [0.15, 0.2) is 54.6 Å². The van der Waals surface area contributed by atoms with Crippen molar-refractivity contribution < 1.29 is 4.79 Å². The SMILES string of the molecule is O=C(c1[c]c2ccccc2cc1)c1c(Cl)cccc1Cl. The van der Waals surface area contributed by atoms with E-state index in [1.165, 1.54) is 0 Å². The Balaban J connectivity index is 2.13. The summed E-state index contributed by atoms with van der Waals surface area (Å²) in [5, 5.41) is 2.63. The summed E-state index contributed by atoms with van der Waals surface area (Å²) >= 11 is 12.1. The van der Waals surface area contributed by atoms with Crippen LogP contribution in [0.5, 0.6) is 0 Å². The summed E-state index contributed by atoms with van der Waals surface area (Å²) in [6.45, 7) is 0. The predicted octanol–water partition coefficient (Wildman–Crippen LogP) is 5.18. The summed E-state index contributed by atoms with van der Waals surface area (Å²) in [5.74, 6) is -0.216. The third-order valence-electron chi connectivity index (χ3n) is 3.09. The van der Waals surface area contributed by atoms with Crippen molar-refractivity contribution in [2.24, 2.45) is 0 Å². The Labute approximate surface area is 126 Å². The van der Waals surface area contributed by atoms with Crippen molar-refractivity contribution in [2.75, 3.05) is 0 Å². The average Bonchev–Trinajstić information content (AvgIpc) is 2.46. The molecule has 1 nitrogen and oxygen atoms in total. The van der Waals surface area contributed by atoms with E-state index in [4.69, 9.17) is 23.2 Å². The van der Waals surface area contributed by atoms with E-state index < -0.39 is 0 Å². The molecule has 0 saturated heterocycles. The summed E-state index contributed by atoms with van der Waals surface area (Å²) in [6.07, 6.45) is 0. The Morgan fingerprint density at radius 3 is 2.30 bits per heavy atom. The lowest BCUT2D eigenvalue weighted by Crippen LogP contribution is -2.03. The molecule has 0 amide bonds. The molecule has 0 fully saturated rings. The summed E-state index contributed by atoms with van der Waals surface area (Å²) in [7, 11) is 0. The minimum atomic E-state index is -0.216. The molecule has 0 heterocycles. The number of hydrogen-bond acceptors (Lipinski definition) is 1. The van der Waals surface area contributed by atoms with E-state index in [-0.39, 0.29) is 5.78 Å². The molecule has 0 aliphatic carbocycles. The van der Waals surface area contributed by atoms with Gasteiger partial charge in [0.2, 0.25) is 0 Å². The number of fused-ring (bicyclic) bond motifs is 1. The third kappa shape index (κ3) is 2.31. The van der Waals surface area contributed by atoms with Gasteiger partial charge in [-0.15, -0.1) is 0 Å². The van der Waals surface area contributed by atoms with E-state index >= 15 is 0 Å². The lowest BCUT2D eigenvalue weighted by atomic mass is 10.00. The quantitative estimate of drug-likeness (QED) is 0.596. The van der Waals surface area contributed by atoms with E-state index in [2.05, 4.69) is 6.07 Å². The van der Waals surface area contributed by atoms with Gasteiger partial charge in [0.05, 0.1) is 15.6 Å². The van der Waals surface area contributed by atoms with E-state index in [0.717, 1.165) is 10.8 Å². The Bertz CT molecular complexity index is 789. The fourth-order valence-corrected chi connectivity index (χ4v) is 2.67. The van der Waals surface area contributed by atoms with Crippen molar-refractivity contribution in [2.45, 2.75) is 0 Å². The maximum absolute atomic E-state index is 12.5. The number of benzene rings is 3. The number of carbonyl (C=O) groups excluding carboxylic acids is 1. The van der Waals surface area contributed by atoms with Gasteiger partial charge in [0.15, 0.2) is 5.78 Å². The van der Waals surface area contributed by atoms with Gasteiger partial charge in [-0.3, -0.25) is 4.79 Å². The molecule has 0 N–H and O–H groups in total. The molecule has 97 valence electrons. The second-order valence-corrected chi connectivity index (χ2v) is 5.20. The molecule has 3 rings (SSSR count). The van der Waals surface area contributed by atoms with Gasteiger partial charge in [0, 0.05) is 11.6 Å². The highest BCUT2D eigenvalue weighted by Crippen LogP contribution is 2.27. The molecule has 0 aromatic heterocycles. The maximum atomic E-state index is 12.5. The van der Waals surface area contributed by atoms with Crippen LogP contribution < -0.4 is 0 Å². The van der Waals surface area contributed by atoms with E-state index in [1.54, 1.807) is 24.3 Å². The number of halogens is 2. The average molecular weight is 300 g/mol. The van der Waals surface area contributed by atoms with Gasteiger partial charge >= 0.3 is 0 Å². The van der Waals surface area contributed by atoms with Gasteiger partial charge in [0.25, 0.3) is 0 Å². The lowest BCUT2D eigenvalue weighted by Gasteiger charge is -2.06. The minimum absolute atomic E-state index is 0.216. The molecule has 0 bridgehead atoms. The molecule has 0 aliphatic rings. The van der Waals surface area contributed by atoms with E-state index in [9.17, 15) is 4.79 Å². The van der Waals surface area contributed by atoms with Gasteiger partial charge in [-0.05, 0) is 29.0 Å². The van der Waals surface area contributed by atoms with Crippen LogP contribution in [0.25, 0.3) is 10.8 Å². The maximum Gasteiger partial charge on any atom is 0.196 e. The molecule has 0 aliphatic heterocycles. The van der Waals surface area contributed by atoms with Crippen molar-refractivity contribution in [1.29, 1.82) is 0 Å². The first-order chi connectivity index (χ1) is 9.66. The summed E-state index contributed by atoms with van der Waals surface area (Å²) in [4.78, 5) is 12.5. The van der Waals surface area contributed by atoms with Gasteiger partial charge in [0.1, 0.15) is 0 Å². The van der Waals surface area contributed by atoms with Gasteiger partial charge in [-0.1, -0.05) is 59.6 Å². The van der Waals surface area contributed by atoms with Crippen molar-refractivity contribution >= 4 is 39.8 Å². The number of rotatable bonds is 2. The Morgan fingerprint density at radius 1 is 0.850 bits per heavy atom. The standard InChI is InChI=1S/C17H9Cl2O/c18-14-6-3-7-15(19)16(14)17(20)13-9-8-11-4-1-2-5-12(11)10-13/h1-9H. The monoisotopic (exact) mass is 299 g/mol. The van der Waals surface area contributed by atoms with Crippen LogP contribution in [0.1, 0.15) is 15.9 Å². The molecule has 3 heteroatoms. The first-order valence-corrected chi connectivity index (χ1v) is 6.82. The molecular formula is C17H9Cl2O. The highest BCUT2D eigenvalue weighted by atomic mass is 35.5. The van der Waals surface area contributed by atoms with Crippen LogP contribution in [0.4, 0.5) is 0 Å². The number of hydrogen-bond donors (Lipinski definition) is 0. The molecule has 0 unspecified atom stereocenters. The fraction of sp³-hybridized carbons (Fsp3) is 0. The van der Waals surface area contributed by atoms with Crippen LogP contribution in [0.2, 0.25) is 10.0 Å². The summed E-state index contributed by atoms with van der Waals surface area (Å²) in [5.41, 5.74) is 0.779. The zero-order chi connectivity index (χ0) is 14.1. The second kappa shape index (κ2) is 5.28. The predicted molar refractivity (Wildman–Crippen MR) is 82.7 cm³/mol. The van der Waals surface area contributed by atoms with Crippen molar-refractivity contribution in [3.05, 3.63) is 81.8 Å². The first kappa shape index (κ1) is 13.2. The normalized spacial score (nSPS) is 10.7. The van der Waals surface area contributed by atoms with Crippen LogP contribution >= 0.6 is 23.2 Å². The molecule has 0 spiro atoms. The fourth-order valence-electron chi connectivity index (χ4n) is 2.10. The molecule has 0 saturated carbocycles. The van der Waals surface area contributed by atoms with E-state index in [1.807, 2.05) is 30.3 Å². The van der Waals surface area contributed by atoms with Gasteiger partial charge in [-0.25, -0.2) is 0 Å². The second-order valence-electron chi connectivity index (χ2n) is 4.39. The van der Waals surface area contributed by atoms with Crippen molar-refractivity contribution in [3.63, 3.8) is 0 Å². The lowest BCUT2D eigenvalue weighted by molar-refractivity contribution is 0.103. The Hall–Kier alpha value is -1.83. The summed E-state index contributed by atoms with van der Waals surface area (Å²) in [6, 6.07) is 19.5. The smallest absolute Gasteiger partial charge is 0.196 e. The molecule has 3 aromatic rings. The zero-order valence-corrected chi connectivity index (χ0v) is 11.9. The molecule has 3 aromatic carbocycles.